The van der Waals surface area contributed by atoms with E-state index in [1.165, 1.54) is 11.3 Å². The molecule has 1 amide bonds. The topological polar surface area (TPSA) is 63.2 Å². The molecule has 7 nitrogen and oxygen atoms in total. The van der Waals surface area contributed by atoms with E-state index < -0.39 is 0 Å². The Balaban J connectivity index is 0.00000289. The van der Waals surface area contributed by atoms with Gasteiger partial charge in [-0.15, -0.1) is 24.0 Å². The van der Waals surface area contributed by atoms with E-state index in [0.29, 0.717) is 19.6 Å². The first-order valence-corrected chi connectivity index (χ1v) is 11.2. The van der Waals surface area contributed by atoms with Gasteiger partial charge in [0.1, 0.15) is 0 Å². The van der Waals surface area contributed by atoms with Crippen LogP contribution >= 0.6 is 24.0 Å². The lowest BCUT2D eigenvalue weighted by Crippen LogP contribution is -2.52. The highest BCUT2D eigenvalue weighted by Crippen LogP contribution is 2.18. The fourth-order valence-electron chi connectivity index (χ4n) is 4.08. The summed E-state index contributed by atoms with van der Waals surface area (Å²) in [7, 11) is 0. The van der Waals surface area contributed by atoms with Crippen molar-refractivity contribution in [2.24, 2.45) is 4.99 Å². The fourth-order valence-corrected chi connectivity index (χ4v) is 4.08. The average molecular weight is 548 g/mol. The zero-order valence-corrected chi connectivity index (χ0v) is 21.0. The number of carbonyl (C=O) groups is 1. The van der Waals surface area contributed by atoms with Crippen LogP contribution in [0, 0.1) is 0 Å². The molecular formula is C24H33IN6O. The van der Waals surface area contributed by atoms with Gasteiger partial charge in [-0.3, -0.25) is 4.79 Å². The molecule has 2 aromatic rings. The molecule has 172 valence electrons. The number of hydrogen-bond donors (Lipinski definition) is 2. The summed E-state index contributed by atoms with van der Waals surface area (Å²) >= 11 is 0. The third-order valence-electron chi connectivity index (χ3n) is 5.79. The Labute approximate surface area is 207 Å². The van der Waals surface area contributed by atoms with Crippen LogP contribution in [0.25, 0.3) is 0 Å². The van der Waals surface area contributed by atoms with Crippen molar-refractivity contribution in [1.82, 2.24) is 15.5 Å². The van der Waals surface area contributed by atoms with Gasteiger partial charge in [0.25, 0.3) is 0 Å². The van der Waals surface area contributed by atoms with Crippen LogP contribution in [0.1, 0.15) is 12.5 Å². The highest BCUT2D eigenvalue weighted by atomic mass is 127. The molecule has 0 atom stereocenters. The van der Waals surface area contributed by atoms with Crippen LogP contribution in [0.3, 0.4) is 0 Å². The lowest BCUT2D eigenvalue weighted by Gasteiger charge is -2.37. The third kappa shape index (κ3) is 6.27. The Morgan fingerprint density at radius 3 is 2.28 bits per heavy atom. The van der Waals surface area contributed by atoms with Crippen molar-refractivity contribution in [2.45, 2.75) is 13.5 Å². The summed E-state index contributed by atoms with van der Waals surface area (Å²) in [4.78, 5) is 23.4. The second kappa shape index (κ2) is 11.9. The number of guanidine groups is 1. The van der Waals surface area contributed by atoms with Crippen LogP contribution < -0.4 is 20.4 Å². The molecule has 2 fully saturated rings. The van der Waals surface area contributed by atoms with Gasteiger partial charge >= 0.3 is 0 Å². The second-order valence-corrected chi connectivity index (χ2v) is 7.92. The van der Waals surface area contributed by atoms with Gasteiger partial charge in [0.15, 0.2) is 5.96 Å². The average Bonchev–Trinajstić information content (AvgIpc) is 2.83. The summed E-state index contributed by atoms with van der Waals surface area (Å²) in [6.07, 6.45) is 0. The summed E-state index contributed by atoms with van der Waals surface area (Å²) in [5.74, 6) is 1.06. The van der Waals surface area contributed by atoms with Crippen molar-refractivity contribution >= 4 is 47.2 Å². The van der Waals surface area contributed by atoms with E-state index in [2.05, 4.69) is 86.9 Å². The van der Waals surface area contributed by atoms with E-state index in [0.717, 1.165) is 50.9 Å². The van der Waals surface area contributed by atoms with Gasteiger partial charge in [0, 0.05) is 57.2 Å². The molecule has 8 heteroatoms. The molecule has 0 spiro atoms. The van der Waals surface area contributed by atoms with E-state index in [1.54, 1.807) is 0 Å². The number of halogens is 1. The van der Waals surface area contributed by atoms with Crippen LogP contribution in [0.5, 0.6) is 0 Å². The van der Waals surface area contributed by atoms with Crippen LogP contribution in [-0.4, -0.2) is 69.1 Å². The minimum Gasteiger partial charge on any atom is -0.368 e. The first-order chi connectivity index (χ1) is 15.2. The maximum absolute atomic E-state index is 11.6. The van der Waals surface area contributed by atoms with Crippen molar-refractivity contribution < 1.29 is 4.79 Å². The summed E-state index contributed by atoms with van der Waals surface area (Å²) in [6.45, 7) is 9.48. The van der Waals surface area contributed by atoms with Gasteiger partial charge in [-0.1, -0.05) is 30.3 Å². The Hall–Kier alpha value is -2.49. The summed E-state index contributed by atoms with van der Waals surface area (Å²) in [6, 6.07) is 19.0. The third-order valence-corrected chi connectivity index (χ3v) is 5.79. The summed E-state index contributed by atoms with van der Waals surface area (Å²) in [5.41, 5.74) is 3.55. The zero-order chi connectivity index (χ0) is 21.5. The first-order valence-electron chi connectivity index (χ1n) is 11.2. The van der Waals surface area contributed by atoms with Gasteiger partial charge in [0.2, 0.25) is 5.91 Å². The monoisotopic (exact) mass is 548 g/mol. The molecule has 2 saturated heterocycles. The smallest absolute Gasteiger partial charge is 0.239 e. The van der Waals surface area contributed by atoms with Gasteiger partial charge in [-0.25, -0.2) is 4.99 Å². The number of nitrogens with one attached hydrogen (secondary N) is 2. The number of nitrogens with zero attached hydrogens (tertiary/aromatic N) is 4. The van der Waals surface area contributed by atoms with Gasteiger partial charge in [-0.2, -0.15) is 0 Å². The largest absolute Gasteiger partial charge is 0.368 e. The van der Waals surface area contributed by atoms with E-state index in [9.17, 15) is 4.79 Å². The van der Waals surface area contributed by atoms with E-state index in [4.69, 9.17) is 4.99 Å². The van der Waals surface area contributed by atoms with Crippen molar-refractivity contribution in [3.05, 3.63) is 60.2 Å². The highest BCUT2D eigenvalue weighted by molar-refractivity contribution is 14.0. The number of amides is 1. The number of anilines is 2. The normalized spacial score (nSPS) is 17.0. The highest BCUT2D eigenvalue weighted by Gasteiger charge is 2.20. The molecule has 0 saturated carbocycles. The molecule has 0 radical (unpaired) electrons. The van der Waals surface area contributed by atoms with E-state index in [-0.39, 0.29) is 29.9 Å². The van der Waals surface area contributed by atoms with Crippen molar-refractivity contribution in [3.63, 3.8) is 0 Å². The summed E-state index contributed by atoms with van der Waals surface area (Å²) in [5, 5.41) is 6.32. The SMILES string of the molecule is CCNC(=NCc1ccc(N2CCNC(=O)C2)cc1)N1CCN(c2ccccc2)CC1.I. The number of aliphatic imine (C=N–C) groups is 1. The fraction of sp³-hybridized carbons (Fsp3) is 0.417. The van der Waals surface area contributed by atoms with E-state index in [1.807, 2.05) is 0 Å². The van der Waals surface area contributed by atoms with Gasteiger partial charge in [0.05, 0.1) is 13.1 Å². The molecule has 4 rings (SSSR count). The Kier molecular flexibility index (Phi) is 9.01. The predicted molar refractivity (Wildman–Crippen MR) is 142 cm³/mol. The Bertz CT molecular complexity index is 881. The number of hydrogen-bond acceptors (Lipinski definition) is 4. The molecule has 2 N–H and O–H groups in total. The zero-order valence-electron chi connectivity index (χ0n) is 18.7. The molecule has 0 aromatic heterocycles. The molecule has 2 heterocycles. The lowest BCUT2D eigenvalue weighted by molar-refractivity contribution is -0.120. The predicted octanol–water partition coefficient (Wildman–Crippen LogP) is 2.53. The molecule has 32 heavy (non-hydrogen) atoms. The minimum absolute atomic E-state index is 0. The van der Waals surface area contributed by atoms with E-state index >= 15 is 0 Å². The number of carbonyl (C=O) groups excluding carboxylic acids is 1. The van der Waals surface area contributed by atoms with Crippen molar-refractivity contribution in [3.8, 4) is 0 Å². The minimum atomic E-state index is 0. The van der Waals surface area contributed by atoms with Crippen LogP contribution in [0.4, 0.5) is 11.4 Å². The second-order valence-electron chi connectivity index (χ2n) is 7.92. The van der Waals surface area contributed by atoms with Crippen molar-refractivity contribution in [1.29, 1.82) is 0 Å². The maximum Gasteiger partial charge on any atom is 0.239 e. The molecule has 2 aliphatic rings. The molecule has 0 aliphatic carbocycles. The first kappa shape index (κ1) is 24.2. The lowest BCUT2D eigenvalue weighted by atomic mass is 10.2. The molecule has 2 aromatic carbocycles. The van der Waals surface area contributed by atoms with Crippen LogP contribution in [0.15, 0.2) is 59.6 Å². The van der Waals surface area contributed by atoms with Crippen LogP contribution in [0.2, 0.25) is 0 Å². The summed E-state index contributed by atoms with van der Waals surface area (Å²) < 4.78 is 0. The maximum atomic E-state index is 11.6. The number of rotatable bonds is 5. The van der Waals surface area contributed by atoms with Gasteiger partial charge in [-0.05, 0) is 36.8 Å². The Morgan fingerprint density at radius 1 is 0.938 bits per heavy atom. The molecule has 2 aliphatic heterocycles. The quantitative estimate of drug-likeness (QED) is 0.342. The number of para-hydroxylation sites is 1. The molecule has 0 unspecified atom stereocenters. The number of benzene rings is 2. The molecule has 0 bridgehead atoms. The van der Waals surface area contributed by atoms with Gasteiger partial charge < -0.3 is 25.3 Å². The Morgan fingerprint density at radius 2 is 1.62 bits per heavy atom. The molecular weight excluding hydrogens is 515 g/mol. The number of piperazine rings is 2. The van der Waals surface area contributed by atoms with Crippen LogP contribution in [-0.2, 0) is 11.3 Å². The standard InChI is InChI=1S/C24H32N6O.HI/c1-2-25-24(29-16-14-28(15-17-29)21-6-4-3-5-7-21)27-18-20-8-10-22(11-9-20)30-13-12-26-23(31)19-30;/h3-11H,2,12-19H2,1H3,(H,25,27)(H,26,31);1H. The van der Waals surface area contributed by atoms with Crippen molar-refractivity contribution in [2.75, 3.05) is 62.2 Å².